The topological polar surface area (TPSA) is 20.2 Å². The van der Waals surface area contributed by atoms with E-state index in [2.05, 4.69) is 74.5 Å². The van der Waals surface area contributed by atoms with Crippen molar-refractivity contribution in [1.82, 2.24) is 0 Å². The Labute approximate surface area is 188 Å². The van der Waals surface area contributed by atoms with E-state index in [-0.39, 0.29) is 0 Å². The standard InChI is InChI=1S/C30H36O/c1-3-4-10-29(26-17-15-25(16-18-26)24-13-11-23(2)12-14-24)27-19-21-30(31,22-20-27)28-8-6-5-7-9-28/h5-9,11-18,27,29,31H,3-4,10,19-22H2,1-2H3. The molecular formula is C30H36O. The smallest absolute Gasteiger partial charge is 0.0896 e. The highest BCUT2D eigenvalue weighted by Crippen LogP contribution is 2.46. The minimum absolute atomic E-state index is 0.590. The van der Waals surface area contributed by atoms with Crippen molar-refractivity contribution in [2.24, 2.45) is 5.92 Å². The first-order valence-corrected chi connectivity index (χ1v) is 12.0. The van der Waals surface area contributed by atoms with Gasteiger partial charge in [0.2, 0.25) is 0 Å². The van der Waals surface area contributed by atoms with Crippen LogP contribution in [-0.4, -0.2) is 5.11 Å². The van der Waals surface area contributed by atoms with E-state index in [0.29, 0.717) is 11.8 Å². The molecule has 4 rings (SSSR count). The molecule has 1 aliphatic carbocycles. The second kappa shape index (κ2) is 9.83. The number of rotatable bonds is 7. The Morgan fingerprint density at radius 3 is 2.00 bits per heavy atom. The molecule has 0 aliphatic heterocycles. The molecule has 1 aliphatic rings. The Morgan fingerprint density at radius 1 is 0.839 bits per heavy atom. The van der Waals surface area contributed by atoms with Crippen molar-refractivity contribution in [2.45, 2.75) is 70.3 Å². The molecule has 0 amide bonds. The summed E-state index contributed by atoms with van der Waals surface area (Å²) >= 11 is 0. The van der Waals surface area contributed by atoms with E-state index in [1.165, 1.54) is 41.5 Å². The molecule has 0 saturated heterocycles. The molecule has 0 radical (unpaired) electrons. The molecule has 0 heterocycles. The Morgan fingerprint density at radius 2 is 1.42 bits per heavy atom. The SMILES string of the molecule is CCCCC(c1ccc(-c2ccc(C)cc2)cc1)C1CCC(O)(c2ccccc2)CC1. The maximum absolute atomic E-state index is 11.3. The molecule has 1 heteroatoms. The van der Waals surface area contributed by atoms with E-state index >= 15 is 0 Å². The van der Waals surface area contributed by atoms with Gasteiger partial charge in [-0.15, -0.1) is 0 Å². The average molecular weight is 413 g/mol. The van der Waals surface area contributed by atoms with Gasteiger partial charge in [-0.2, -0.15) is 0 Å². The summed E-state index contributed by atoms with van der Waals surface area (Å²) in [6.45, 7) is 4.42. The monoisotopic (exact) mass is 412 g/mol. The molecule has 1 nitrogen and oxygen atoms in total. The number of aryl methyl sites for hydroxylation is 1. The predicted molar refractivity (Wildman–Crippen MR) is 131 cm³/mol. The van der Waals surface area contributed by atoms with Crippen LogP contribution in [-0.2, 0) is 5.60 Å². The molecular weight excluding hydrogens is 376 g/mol. The average Bonchev–Trinajstić information content (AvgIpc) is 2.82. The van der Waals surface area contributed by atoms with Gasteiger partial charge in [0.15, 0.2) is 0 Å². The van der Waals surface area contributed by atoms with Crippen molar-refractivity contribution in [3.05, 3.63) is 95.6 Å². The summed E-state index contributed by atoms with van der Waals surface area (Å²) in [6.07, 6.45) is 7.67. The summed E-state index contributed by atoms with van der Waals surface area (Å²) < 4.78 is 0. The van der Waals surface area contributed by atoms with Crippen LogP contribution < -0.4 is 0 Å². The molecule has 1 N–H and O–H groups in total. The van der Waals surface area contributed by atoms with Crippen molar-refractivity contribution in [1.29, 1.82) is 0 Å². The van der Waals surface area contributed by atoms with Crippen LogP contribution in [0.2, 0.25) is 0 Å². The lowest BCUT2D eigenvalue weighted by molar-refractivity contribution is -0.0181. The molecule has 0 spiro atoms. The van der Waals surface area contributed by atoms with Crippen molar-refractivity contribution in [2.75, 3.05) is 0 Å². The lowest BCUT2D eigenvalue weighted by atomic mass is 9.68. The number of hydrogen-bond acceptors (Lipinski definition) is 1. The minimum Gasteiger partial charge on any atom is -0.385 e. The van der Waals surface area contributed by atoms with Crippen LogP contribution in [0.4, 0.5) is 0 Å². The van der Waals surface area contributed by atoms with Gasteiger partial charge in [-0.05, 0) is 73.1 Å². The van der Waals surface area contributed by atoms with Crippen LogP contribution in [0.3, 0.4) is 0 Å². The fourth-order valence-corrected chi connectivity index (χ4v) is 5.32. The quantitative estimate of drug-likeness (QED) is 0.416. The summed E-state index contributed by atoms with van der Waals surface area (Å²) in [5.74, 6) is 1.24. The van der Waals surface area contributed by atoms with E-state index in [9.17, 15) is 5.11 Å². The van der Waals surface area contributed by atoms with Crippen molar-refractivity contribution in [3.8, 4) is 11.1 Å². The van der Waals surface area contributed by atoms with E-state index in [1.807, 2.05) is 18.2 Å². The van der Waals surface area contributed by atoms with Crippen LogP contribution in [0.25, 0.3) is 11.1 Å². The molecule has 3 aromatic carbocycles. The van der Waals surface area contributed by atoms with E-state index in [4.69, 9.17) is 0 Å². The first-order chi connectivity index (χ1) is 15.1. The minimum atomic E-state index is -0.650. The Balaban J connectivity index is 1.49. The van der Waals surface area contributed by atoms with Gasteiger partial charge in [-0.1, -0.05) is 104 Å². The first-order valence-electron chi connectivity index (χ1n) is 12.0. The fraction of sp³-hybridized carbons (Fsp3) is 0.400. The van der Waals surface area contributed by atoms with Crippen molar-refractivity contribution >= 4 is 0 Å². The summed E-state index contributed by atoms with van der Waals surface area (Å²) in [5.41, 5.74) is 5.78. The van der Waals surface area contributed by atoms with E-state index < -0.39 is 5.60 Å². The van der Waals surface area contributed by atoms with Gasteiger partial charge in [-0.25, -0.2) is 0 Å². The maximum atomic E-state index is 11.3. The molecule has 1 fully saturated rings. The van der Waals surface area contributed by atoms with Gasteiger partial charge in [0.25, 0.3) is 0 Å². The second-order valence-corrected chi connectivity index (χ2v) is 9.47. The number of hydrogen-bond donors (Lipinski definition) is 1. The zero-order chi connectivity index (χ0) is 21.7. The van der Waals surface area contributed by atoms with Crippen LogP contribution in [0.15, 0.2) is 78.9 Å². The van der Waals surface area contributed by atoms with Crippen molar-refractivity contribution < 1.29 is 5.11 Å². The van der Waals surface area contributed by atoms with Crippen molar-refractivity contribution in [3.63, 3.8) is 0 Å². The highest BCUT2D eigenvalue weighted by atomic mass is 16.3. The molecule has 1 saturated carbocycles. The van der Waals surface area contributed by atoms with Crippen LogP contribution in [0.5, 0.6) is 0 Å². The van der Waals surface area contributed by atoms with Crippen LogP contribution >= 0.6 is 0 Å². The third kappa shape index (κ3) is 5.10. The summed E-state index contributed by atoms with van der Waals surface area (Å²) in [4.78, 5) is 0. The normalized spacial score (nSPS) is 22.2. The third-order valence-corrected chi connectivity index (χ3v) is 7.33. The van der Waals surface area contributed by atoms with Gasteiger partial charge < -0.3 is 5.11 Å². The van der Waals surface area contributed by atoms with Crippen LogP contribution in [0, 0.1) is 12.8 Å². The lowest BCUT2D eigenvalue weighted by Gasteiger charge is -2.39. The molecule has 3 aromatic rings. The van der Waals surface area contributed by atoms with Gasteiger partial charge in [0.1, 0.15) is 0 Å². The Hall–Kier alpha value is -2.38. The number of aliphatic hydroxyl groups is 1. The zero-order valence-corrected chi connectivity index (χ0v) is 19.1. The summed E-state index contributed by atoms with van der Waals surface area (Å²) in [5, 5.41) is 11.3. The Bertz CT molecular complexity index is 932. The highest BCUT2D eigenvalue weighted by molar-refractivity contribution is 5.64. The number of unbranched alkanes of at least 4 members (excludes halogenated alkanes) is 1. The zero-order valence-electron chi connectivity index (χ0n) is 19.1. The van der Waals surface area contributed by atoms with Gasteiger partial charge in [0.05, 0.1) is 5.60 Å². The molecule has 1 unspecified atom stereocenters. The van der Waals surface area contributed by atoms with E-state index in [1.54, 1.807) is 0 Å². The second-order valence-electron chi connectivity index (χ2n) is 9.47. The largest absolute Gasteiger partial charge is 0.385 e. The third-order valence-electron chi connectivity index (χ3n) is 7.33. The lowest BCUT2D eigenvalue weighted by Crippen LogP contribution is -2.33. The van der Waals surface area contributed by atoms with Gasteiger partial charge in [0, 0.05) is 0 Å². The molecule has 1 atom stereocenters. The first kappa shape index (κ1) is 21.8. The van der Waals surface area contributed by atoms with Gasteiger partial charge >= 0.3 is 0 Å². The Kier molecular flexibility index (Phi) is 6.92. The molecule has 0 bridgehead atoms. The summed E-state index contributed by atoms with van der Waals surface area (Å²) in [7, 11) is 0. The van der Waals surface area contributed by atoms with Gasteiger partial charge in [-0.3, -0.25) is 0 Å². The summed E-state index contributed by atoms with van der Waals surface area (Å²) in [6, 6.07) is 28.4. The fourth-order valence-electron chi connectivity index (χ4n) is 5.32. The highest BCUT2D eigenvalue weighted by Gasteiger charge is 2.37. The maximum Gasteiger partial charge on any atom is 0.0896 e. The predicted octanol–water partition coefficient (Wildman–Crippen LogP) is 8.01. The van der Waals surface area contributed by atoms with E-state index in [0.717, 1.165) is 31.2 Å². The molecule has 31 heavy (non-hydrogen) atoms. The van der Waals surface area contributed by atoms with Crippen LogP contribution in [0.1, 0.15) is 74.5 Å². The molecule has 0 aromatic heterocycles. The number of benzene rings is 3. The molecule has 162 valence electrons.